The van der Waals surface area contributed by atoms with Crippen molar-refractivity contribution in [2.24, 2.45) is 0 Å². The highest BCUT2D eigenvalue weighted by Crippen LogP contribution is 2.41. The molecule has 1 aliphatic carbocycles. The second kappa shape index (κ2) is 8.12. The summed E-state index contributed by atoms with van der Waals surface area (Å²) >= 11 is 0. The maximum atomic E-state index is 5.05. The average molecular weight is 254 g/mol. The average Bonchev–Trinajstić information content (AvgIpc) is 3.06. The van der Waals surface area contributed by atoms with Crippen LogP contribution in [0.5, 0.6) is 0 Å². The molecule has 1 atom stereocenters. The quantitative estimate of drug-likeness (QED) is 0.493. The summed E-state index contributed by atoms with van der Waals surface area (Å²) in [6, 6.07) is 0. The molecule has 1 aliphatic rings. The molecule has 0 spiro atoms. The van der Waals surface area contributed by atoms with Gasteiger partial charge in [0.2, 0.25) is 0 Å². The van der Waals surface area contributed by atoms with Crippen molar-refractivity contribution in [3.8, 4) is 0 Å². The van der Waals surface area contributed by atoms with E-state index >= 15 is 0 Å². The van der Waals surface area contributed by atoms with E-state index in [9.17, 15) is 0 Å². The number of ether oxygens (including phenoxy) is 3. The number of hydrogen-bond donors (Lipinski definition) is 0. The zero-order valence-electron chi connectivity index (χ0n) is 10.8. The molecule has 0 N–H and O–H groups in total. The molecule has 6 nitrogen and oxygen atoms in total. The van der Waals surface area contributed by atoms with Gasteiger partial charge in [-0.25, -0.2) is 0 Å². The van der Waals surface area contributed by atoms with Gasteiger partial charge in [0.15, 0.2) is 5.79 Å². The Morgan fingerprint density at radius 3 is 1.38 bits per heavy atom. The van der Waals surface area contributed by atoms with E-state index in [-0.39, 0.29) is 6.10 Å². The summed E-state index contributed by atoms with van der Waals surface area (Å²) in [6.07, 6.45) is 0.976. The molecule has 0 aromatic rings. The fourth-order valence-corrected chi connectivity index (χ4v) is 1.84. The maximum Gasteiger partial charge on any atom is 0.483 e. The molecule has 0 bridgehead atoms. The first-order chi connectivity index (χ1) is 7.63. The van der Waals surface area contributed by atoms with Crippen molar-refractivity contribution in [2.45, 2.75) is 18.3 Å². The molecule has 98 valence electrons. The van der Waals surface area contributed by atoms with Crippen LogP contribution in [0.25, 0.3) is 0 Å². The lowest BCUT2D eigenvalue weighted by atomic mass is 10.7. The molecule has 0 amide bonds. The molecule has 0 aromatic heterocycles. The molecular formula is C9H22O6Si. The van der Waals surface area contributed by atoms with Gasteiger partial charge in [0.25, 0.3) is 0 Å². The van der Waals surface area contributed by atoms with Crippen LogP contribution >= 0.6 is 0 Å². The van der Waals surface area contributed by atoms with Crippen molar-refractivity contribution in [1.29, 1.82) is 0 Å². The zero-order valence-corrected chi connectivity index (χ0v) is 12.0. The number of hydrogen-bond acceptors (Lipinski definition) is 6. The van der Waals surface area contributed by atoms with E-state index in [0.717, 1.165) is 6.42 Å². The highest BCUT2D eigenvalue weighted by Gasteiger charge is 2.57. The van der Waals surface area contributed by atoms with Crippen LogP contribution in [0.15, 0.2) is 0 Å². The van der Waals surface area contributed by atoms with Gasteiger partial charge < -0.3 is 27.5 Å². The summed E-state index contributed by atoms with van der Waals surface area (Å²) in [6.45, 7) is 0. The smallest absolute Gasteiger partial charge is 0.379 e. The van der Waals surface area contributed by atoms with Crippen LogP contribution in [0.2, 0.25) is 0 Å². The van der Waals surface area contributed by atoms with Crippen molar-refractivity contribution in [1.82, 2.24) is 0 Å². The molecule has 0 aliphatic heterocycles. The second-order valence-electron chi connectivity index (χ2n) is 3.14. The van der Waals surface area contributed by atoms with E-state index in [4.69, 9.17) is 27.5 Å². The normalized spacial score (nSPS) is 21.6. The second-order valence-corrected chi connectivity index (χ2v) is 5.14. The summed E-state index contributed by atoms with van der Waals surface area (Å²) in [4.78, 5) is 0. The van der Waals surface area contributed by atoms with E-state index in [2.05, 4.69) is 0 Å². The first kappa shape index (κ1) is 16.0. The number of methoxy groups -OCH3 is 3. The molecule has 0 radical (unpaired) electrons. The van der Waals surface area contributed by atoms with Gasteiger partial charge in [-0.2, -0.15) is 0 Å². The first-order valence-corrected chi connectivity index (χ1v) is 6.27. The van der Waals surface area contributed by atoms with Crippen molar-refractivity contribution >= 4 is 9.53 Å². The van der Waals surface area contributed by atoms with Gasteiger partial charge in [-0.3, -0.25) is 0 Å². The highest BCUT2D eigenvalue weighted by molar-refractivity contribution is 6.36. The van der Waals surface area contributed by atoms with Crippen LogP contribution in [0, 0.1) is 0 Å². The molecule has 1 rings (SSSR count). The summed E-state index contributed by atoms with van der Waals surface area (Å²) in [5.41, 5.74) is 0. The Balaban J connectivity index is 0.000000293. The summed E-state index contributed by atoms with van der Waals surface area (Å²) in [7, 11) is 7.96. The molecule has 0 saturated heterocycles. The minimum Gasteiger partial charge on any atom is -0.379 e. The molecule has 0 aromatic carbocycles. The van der Waals surface area contributed by atoms with Crippen molar-refractivity contribution in [3.05, 3.63) is 0 Å². The predicted molar refractivity (Wildman–Crippen MR) is 60.3 cm³/mol. The van der Waals surface area contributed by atoms with E-state index in [1.807, 2.05) is 0 Å². The zero-order chi connectivity index (χ0) is 12.6. The lowest BCUT2D eigenvalue weighted by Gasteiger charge is -2.11. The molecule has 16 heavy (non-hydrogen) atoms. The van der Waals surface area contributed by atoms with Gasteiger partial charge in [0.1, 0.15) is 6.10 Å². The summed E-state index contributed by atoms with van der Waals surface area (Å²) < 4.78 is 29.3. The minimum atomic E-state index is -1.67. The minimum absolute atomic E-state index is 0.132. The van der Waals surface area contributed by atoms with Crippen LogP contribution in [-0.4, -0.2) is 64.1 Å². The Kier molecular flexibility index (Phi) is 8.11. The Morgan fingerprint density at radius 1 is 0.875 bits per heavy atom. The highest BCUT2D eigenvalue weighted by atomic mass is 28.3. The van der Waals surface area contributed by atoms with Crippen LogP contribution in [-0.2, 0) is 27.5 Å². The molecule has 0 heterocycles. The lowest BCUT2D eigenvalue weighted by Crippen LogP contribution is -2.21. The molecule has 1 fully saturated rings. The summed E-state index contributed by atoms with van der Waals surface area (Å²) in [5.74, 6) is -0.422. The van der Waals surface area contributed by atoms with Crippen LogP contribution < -0.4 is 0 Å². The Bertz CT molecular complexity index is 166. The Labute approximate surface area is 98.7 Å². The summed E-state index contributed by atoms with van der Waals surface area (Å²) in [5, 5.41) is 0. The Hall–Kier alpha value is -0.0231. The van der Waals surface area contributed by atoms with Gasteiger partial charge >= 0.3 is 9.53 Å². The van der Waals surface area contributed by atoms with Crippen LogP contribution in [0.3, 0.4) is 0 Å². The van der Waals surface area contributed by atoms with Gasteiger partial charge in [0.05, 0.1) is 0 Å². The maximum absolute atomic E-state index is 5.05. The third-order valence-electron chi connectivity index (χ3n) is 2.35. The topological polar surface area (TPSA) is 55.4 Å². The van der Waals surface area contributed by atoms with Crippen molar-refractivity contribution in [3.63, 3.8) is 0 Å². The molecular weight excluding hydrogens is 232 g/mol. The third-order valence-corrected chi connectivity index (χ3v) is 3.51. The van der Waals surface area contributed by atoms with Gasteiger partial charge in [0, 0.05) is 49.1 Å². The van der Waals surface area contributed by atoms with Crippen LogP contribution in [0.1, 0.15) is 6.42 Å². The fourth-order valence-electron chi connectivity index (χ4n) is 1.26. The standard InChI is InChI=1S/C6H12O3.C3H10O3Si/c1-7-5-4-6(5,8-2)9-3;1-4-7(5-2)6-3/h5H,4H2,1-3H3;7H,1-3H3. The van der Waals surface area contributed by atoms with E-state index < -0.39 is 15.3 Å². The van der Waals surface area contributed by atoms with Gasteiger partial charge in [-0.1, -0.05) is 0 Å². The Morgan fingerprint density at radius 2 is 1.31 bits per heavy atom. The molecule has 7 heteroatoms. The fraction of sp³-hybridized carbons (Fsp3) is 1.00. The lowest BCUT2D eigenvalue weighted by molar-refractivity contribution is -0.154. The van der Waals surface area contributed by atoms with Gasteiger partial charge in [-0.05, 0) is 0 Å². The largest absolute Gasteiger partial charge is 0.483 e. The van der Waals surface area contributed by atoms with Crippen molar-refractivity contribution < 1.29 is 27.5 Å². The molecule has 1 unspecified atom stereocenters. The van der Waals surface area contributed by atoms with E-state index in [1.165, 1.54) is 0 Å². The van der Waals surface area contributed by atoms with Crippen LogP contribution in [0.4, 0.5) is 0 Å². The SMILES string of the molecule is COC1CC1(OC)OC.CO[SiH](OC)OC. The monoisotopic (exact) mass is 254 g/mol. The molecule has 1 saturated carbocycles. The third kappa shape index (κ3) is 4.46. The van der Waals surface area contributed by atoms with E-state index in [0.29, 0.717) is 0 Å². The van der Waals surface area contributed by atoms with Gasteiger partial charge in [-0.15, -0.1) is 0 Å². The first-order valence-electron chi connectivity index (χ1n) is 4.85. The number of rotatable bonds is 6. The predicted octanol–water partition coefficient (Wildman–Crippen LogP) is 0.0370. The van der Waals surface area contributed by atoms with Crippen molar-refractivity contribution in [2.75, 3.05) is 42.7 Å². The van der Waals surface area contributed by atoms with E-state index in [1.54, 1.807) is 42.7 Å².